The summed E-state index contributed by atoms with van der Waals surface area (Å²) in [5, 5.41) is 3.46. The molecule has 0 radical (unpaired) electrons. The molecule has 1 N–H and O–H groups in total. The van der Waals surface area contributed by atoms with E-state index >= 15 is 0 Å². The van der Waals surface area contributed by atoms with Gasteiger partial charge < -0.3 is 19.4 Å². The van der Waals surface area contributed by atoms with Gasteiger partial charge in [0.1, 0.15) is 11.4 Å². The van der Waals surface area contributed by atoms with Crippen LogP contribution in [-0.4, -0.2) is 35.7 Å². The van der Waals surface area contributed by atoms with Gasteiger partial charge in [0.25, 0.3) is 0 Å². The lowest BCUT2D eigenvalue weighted by molar-refractivity contribution is 0.0234. The molecule has 22 heavy (non-hydrogen) atoms. The second-order valence-corrected chi connectivity index (χ2v) is 6.84. The third kappa shape index (κ3) is 5.05. The highest BCUT2D eigenvalue weighted by Gasteiger charge is 2.34. The van der Waals surface area contributed by atoms with E-state index in [1.165, 1.54) is 0 Å². The zero-order valence-corrected chi connectivity index (χ0v) is 14.1. The minimum absolute atomic E-state index is 0.190. The average molecular weight is 308 g/mol. The van der Waals surface area contributed by atoms with E-state index in [0.717, 1.165) is 31.6 Å². The van der Waals surface area contributed by atoms with E-state index < -0.39 is 5.60 Å². The molecule has 0 spiro atoms. The second-order valence-electron chi connectivity index (χ2n) is 6.84. The van der Waals surface area contributed by atoms with Crippen LogP contribution in [0, 0.1) is 0 Å². The summed E-state index contributed by atoms with van der Waals surface area (Å²) < 4.78 is 10.9. The van der Waals surface area contributed by atoms with Crippen molar-refractivity contribution < 1.29 is 13.9 Å². The molecular formula is C17H28N2O3. The third-order valence-electron chi connectivity index (χ3n) is 3.65. The van der Waals surface area contributed by atoms with E-state index in [1.807, 2.05) is 37.8 Å². The van der Waals surface area contributed by atoms with Gasteiger partial charge in [-0.1, -0.05) is 6.92 Å². The smallest absolute Gasteiger partial charge is 0.410 e. The summed E-state index contributed by atoms with van der Waals surface area (Å²) in [5.41, 5.74) is -0.447. The van der Waals surface area contributed by atoms with Gasteiger partial charge in [0.2, 0.25) is 0 Å². The monoisotopic (exact) mass is 308 g/mol. The molecule has 1 unspecified atom stereocenters. The van der Waals surface area contributed by atoms with E-state index in [1.54, 1.807) is 6.26 Å². The zero-order chi connectivity index (χ0) is 16.2. The second kappa shape index (κ2) is 7.18. The normalized spacial score (nSPS) is 16.4. The fourth-order valence-corrected chi connectivity index (χ4v) is 2.42. The highest BCUT2D eigenvalue weighted by Crippen LogP contribution is 2.28. The van der Waals surface area contributed by atoms with E-state index in [2.05, 4.69) is 12.2 Å². The first-order chi connectivity index (χ1) is 10.4. The third-order valence-corrected chi connectivity index (χ3v) is 3.65. The highest BCUT2D eigenvalue weighted by molar-refractivity contribution is 5.69. The summed E-state index contributed by atoms with van der Waals surface area (Å²) in [6, 6.07) is 4.42. The summed E-state index contributed by atoms with van der Waals surface area (Å²) in [4.78, 5) is 14.1. The fraction of sp³-hybridized carbons (Fsp3) is 0.706. The lowest BCUT2D eigenvalue weighted by Crippen LogP contribution is -2.42. The van der Waals surface area contributed by atoms with Crippen LogP contribution in [0.4, 0.5) is 4.79 Å². The summed E-state index contributed by atoms with van der Waals surface area (Å²) in [7, 11) is 0. The van der Waals surface area contributed by atoms with Gasteiger partial charge in [0.05, 0.1) is 12.3 Å². The van der Waals surface area contributed by atoms with Crippen molar-refractivity contribution in [3.63, 3.8) is 0 Å². The van der Waals surface area contributed by atoms with E-state index in [-0.39, 0.29) is 12.1 Å². The number of nitrogens with one attached hydrogen (secondary N) is 1. The molecule has 0 bridgehead atoms. The van der Waals surface area contributed by atoms with Crippen LogP contribution in [0.2, 0.25) is 0 Å². The van der Waals surface area contributed by atoms with Gasteiger partial charge in [-0.15, -0.1) is 0 Å². The van der Waals surface area contributed by atoms with Crippen molar-refractivity contribution in [2.75, 3.05) is 13.1 Å². The number of hydrogen-bond donors (Lipinski definition) is 1. The molecule has 1 aliphatic rings. The molecule has 1 aromatic heterocycles. The maximum Gasteiger partial charge on any atom is 0.410 e. The molecular weight excluding hydrogens is 280 g/mol. The quantitative estimate of drug-likeness (QED) is 0.834. The summed E-state index contributed by atoms with van der Waals surface area (Å²) in [6.07, 6.45) is 4.59. The fourth-order valence-electron chi connectivity index (χ4n) is 2.42. The number of carbonyl (C=O) groups is 1. The van der Waals surface area contributed by atoms with Gasteiger partial charge in [0, 0.05) is 19.1 Å². The summed E-state index contributed by atoms with van der Waals surface area (Å²) >= 11 is 0. The molecule has 1 fully saturated rings. The zero-order valence-electron chi connectivity index (χ0n) is 14.1. The average Bonchev–Trinajstić information content (AvgIpc) is 3.11. The van der Waals surface area contributed by atoms with Gasteiger partial charge in [-0.3, -0.25) is 0 Å². The van der Waals surface area contributed by atoms with Crippen LogP contribution in [0.15, 0.2) is 22.8 Å². The molecule has 2 rings (SSSR count). The predicted octanol–water partition coefficient (Wildman–Crippen LogP) is 3.72. The van der Waals surface area contributed by atoms with Crippen LogP contribution in [0.1, 0.15) is 58.8 Å². The Morgan fingerprint density at radius 1 is 1.50 bits per heavy atom. The Labute approximate surface area is 133 Å². The maximum absolute atomic E-state index is 12.3. The number of nitrogens with zero attached hydrogens (tertiary/aromatic N) is 1. The van der Waals surface area contributed by atoms with E-state index in [4.69, 9.17) is 9.15 Å². The first kappa shape index (κ1) is 16.9. The molecule has 0 saturated heterocycles. The molecule has 1 atom stereocenters. The van der Waals surface area contributed by atoms with Crippen LogP contribution in [0.5, 0.6) is 0 Å². The van der Waals surface area contributed by atoms with Crippen LogP contribution < -0.4 is 5.32 Å². The van der Waals surface area contributed by atoms with Crippen molar-refractivity contribution in [1.82, 2.24) is 10.2 Å². The molecule has 5 heteroatoms. The molecule has 1 heterocycles. The minimum atomic E-state index is -0.447. The number of furan rings is 1. The first-order valence-electron chi connectivity index (χ1n) is 8.17. The van der Waals surface area contributed by atoms with Gasteiger partial charge >= 0.3 is 6.09 Å². The molecule has 1 saturated carbocycles. The van der Waals surface area contributed by atoms with Crippen molar-refractivity contribution in [2.45, 2.75) is 64.6 Å². The Morgan fingerprint density at radius 3 is 2.73 bits per heavy atom. The number of amides is 1. The van der Waals surface area contributed by atoms with Gasteiger partial charge in [-0.2, -0.15) is 0 Å². The van der Waals surface area contributed by atoms with Crippen LogP contribution in [0.3, 0.4) is 0 Å². The van der Waals surface area contributed by atoms with Crippen molar-refractivity contribution in [3.05, 3.63) is 24.2 Å². The Morgan fingerprint density at radius 2 is 2.23 bits per heavy atom. The molecule has 124 valence electrons. The van der Waals surface area contributed by atoms with Crippen LogP contribution in [0.25, 0.3) is 0 Å². The lowest BCUT2D eigenvalue weighted by atomic mass is 10.2. The number of carbonyl (C=O) groups excluding carboxylic acids is 1. The Bertz CT molecular complexity index is 461. The van der Waals surface area contributed by atoms with E-state index in [9.17, 15) is 4.79 Å². The largest absolute Gasteiger partial charge is 0.468 e. The van der Waals surface area contributed by atoms with Crippen molar-refractivity contribution in [2.24, 2.45) is 0 Å². The molecule has 1 aliphatic carbocycles. The predicted molar refractivity (Wildman–Crippen MR) is 85.7 cm³/mol. The number of rotatable bonds is 7. The highest BCUT2D eigenvalue weighted by atomic mass is 16.6. The standard InChI is InChI=1S/C17H28N2O3/c1-5-14(15-7-6-12-21-15)18-10-11-19(13-8-9-13)16(20)22-17(2,3)4/h6-7,12-14,18H,5,8-11H2,1-4H3. The molecule has 0 aliphatic heterocycles. The van der Waals surface area contributed by atoms with Crippen LogP contribution in [-0.2, 0) is 4.74 Å². The number of ether oxygens (including phenoxy) is 1. The molecule has 1 amide bonds. The van der Waals surface area contributed by atoms with Crippen molar-refractivity contribution in [3.8, 4) is 0 Å². The summed E-state index contributed by atoms with van der Waals surface area (Å²) in [6.45, 7) is 9.22. The maximum atomic E-state index is 12.3. The van der Waals surface area contributed by atoms with Crippen LogP contribution >= 0.6 is 0 Å². The topological polar surface area (TPSA) is 54.7 Å². The van der Waals surface area contributed by atoms with Gasteiger partial charge in [-0.25, -0.2) is 4.79 Å². The summed E-state index contributed by atoms with van der Waals surface area (Å²) in [5.74, 6) is 0.942. The van der Waals surface area contributed by atoms with Crippen molar-refractivity contribution >= 4 is 6.09 Å². The Kier molecular flexibility index (Phi) is 5.51. The van der Waals surface area contributed by atoms with Gasteiger partial charge in [-0.05, 0) is 52.2 Å². The Hall–Kier alpha value is -1.49. The van der Waals surface area contributed by atoms with Crippen molar-refractivity contribution in [1.29, 1.82) is 0 Å². The first-order valence-corrected chi connectivity index (χ1v) is 8.17. The molecule has 1 aromatic rings. The lowest BCUT2D eigenvalue weighted by Gasteiger charge is -2.28. The Balaban J connectivity index is 1.83. The molecule has 0 aromatic carbocycles. The van der Waals surface area contributed by atoms with E-state index in [0.29, 0.717) is 12.6 Å². The van der Waals surface area contributed by atoms with Gasteiger partial charge in [0.15, 0.2) is 0 Å². The molecule has 5 nitrogen and oxygen atoms in total. The number of hydrogen-bond acceptors (Lipinski definition) is 4. The SMILES string of the molecule is CCC(NCCN(C(=O)OC(C)(C)C)C1CC1)c1ccco1. The minimum Gasteiger partial charge on any atom is -0.468 e.